The van der Waals surface area contributed by atoms with Crippen LogP contribution in [0.25, 0.3) is 0 Å². The SMILES string of the molecule is CC(O)C(C)SCC(=O)Nc1ccccc1Br. The topological polar surface area (TPSA) is 49.3 Å². The second kappa shape index (κ2) is 7.03. The lowest BCUT2D eigenvalue weighted by molar-refractivity contribution is -0.113. The van der Waals surface area contributed by atoms with E-state index < -0.39 is 6.10 Å². The highest BCUT2D eigenvalue weighted by atomic mass is 79.9. The molecule has 94 valence electrons. The van der Waals surface area contributed by atoms with Crippen molar-refractivity contribution in [2.24, 2.45) is 0 Å². The van der Waals surface area contributed by atoms with Crippen molar-refractivity contribution in [2.45, 2.75) is 25.2 Å². The average molecular weight is 318 g/mol. The van der Waals surface area contributed by atoms with Crippen molar-refractivity contribution >= 4 is 39.3 Å². The largest absolute Gasteiger partial charge is 0.392 e. The number of nitrogens with one attached hydrogen (secondary N) is 1. The van der Waals surface area contributed by atoms with Crippen molar-refractivity contribution in [1.82, 2.24) is 0 Å². The van der Waals surface area contributed by atoms with Crippen LogP contribution in [0.5, 0.6) is 0 Å². The van der Waals surface area contributed by atoms with E-state index in [1.54, 1.807) is 6.92 Å². The predicted molar refractivity (Wildman–Crippen MR) is 76.4 cm³/mol. The van der Waals surface area contributed by atoms with Gasteiger partial charge in [0.2, 0.25) is 5.91 Å². The Hall–Kier alpha value is -0.520. The van der Waals surface area contributed by atoms with Crippen LogP contribution in [0.3, 0.4) is 0 Å². The molecule has 5 heteroatoms. The van der Waals surface area contributed by atoms with Gasteiger partial charge in [0.05, 0.1) is 17.5 Å². The first kappa shape index (κ1) is 14.5. The molecule has 0 aliphatic heterocycles. The van der Waals surface area contributed by atoms with Crippen LogP contribution >= 0.6 is 27.7 Å². The zero-order chi connectivity index (χ0) is 12.8. The maximum Gasteiger partial charge on any atom is 0.234 e. The number of benzene rings is 1. The van der Waals surface area contributed by atoms with Crippen molar-refractivity contribution < 1.29 is 9.90 Å². The van der Waals surface area contributed by atoms with Crippen molar-refractivity contribution in [3.8, 4) is 0 Å². The van der Waals surface area contributed by atoms with Crippen LogP contribution in [0.4, 0.5) is 5.69 Å². The Morgan fingerprint density at radius 2 is 2.12 bits per heavy atom. The molecule has 0 fully saturated rings. The van der Waals surface area contributed by atoms with Gasteiger partial charge in [-0.05, 0) is 35.0 Å². The molecule has 1 rings (SSSR count). The molecule has 2 N–H and O–H groups in total. The van der Waals surface area contributed by atoms with E-state index in [-0.39, 0.29) is 11.2 Å². The first-order chi connectivity index (χ1) is 8.00. The van der Waals surface area contributed by atoms with E-state index in [9.17, 15) is 9.90 Å². The number of para-hydroxylation sites is 1. The highest BCUT2D eigenvalue weighted by molar-refractivity contribution is 9.10. The van der Waals surface area contributed by atoms with Gasteiger partial charge in [-0.2, -0.15) is 0 Å². The Morgan fingerprint density at radius 1 is 1.47 bits per heavy atom. The molecular weight excluding hydrogens is 302 g/mol. The van der Waals surface area contributed by atoms with Crippen LogP contribution in [0.15, 0.2) is 28.7 Å². The van der Waals surface area contributed by atoms with Gasteiger partial charge < -0.3 is 10.4 Å². The molecular formula is C12H16BrNO2S. The van der Waals surface area contributed by atoms with Crippen LogP contribution in [0.1, 0.15) is 13.8 Å². The van der Waals surface area contributed by atoms with Crippen molar-refractivity contribution in [3.05, 3.63) is 28.7 Å². The summed E-state index contributed by atoms with van der Waals surface area (Å²) in [6.45, 7) is 3.63. The minimum atomic E-state index is -0.406. The fourth-order valence-corrected chi connectivity index (χ4v) is 2.24. The van der Waals surface area contributed by atoms with Gasteiger partial charge >= 0.3 is 0 Å². The van der Waals surface area contributed by atoms with E-state index >= 15 is 0 Å². The number of aliphatic hydroxyl groups is 1. The van der Waals surface area contributed by atoms with Crippen LogP contribution in [0.2, 0.25) is 0 Å². The normalized spacial score (nSPS) is 14.1. The number of amides is 1. The first-order valence-electron chi connectivity index (χ1n) is 5.34. The van der Waals surface area contributed by atoms with Crippen molar-refractivity contribution in [1.29, 1.82) is 0 Å². The number of hydrogen-bond donors (Lipinski definition) is 2. The second-order valence-electron chi connectivity index (χ2n) is 3.78. The fourth-order valence-electron chi connectivity index (χ4n) is 1.10. The zero-order valence-corrected chi connectivity index (χ0v) is 12.2. The van der Waals surface area contributed by atoms with Gasteiger partial charge in [0.15, 0.2) is 0 Å². The average Bonchev–Trinajstić information content (AvgIpc) is 2.29. The highest BCUT2D eigenvalue weighted by Crippen LogP contribution is 2.22. The maximum absolute atomic E-state index is 11.7. The van der Waals surface area contributed by atoms with Gasteiger partial charge in [0.1, 0.15) is 0 Å². The van der Waals surface area contributed by atoms with Gasteiger partial charge in [-0.1, -0.05) is 19.1 Å². The summed E-state index contributed by atoms with van der Waals surface area (Å²) in [5.74, 6) is 0.280. The van der Waals surface area contributed by atoms with Crippen molar-refractivity contribution in [3.63, 3.8) is 0 Å². The number of anilines is 1. The monoisotopic (exact) mass is 317 g/mol. The van der Waals surface area contributed by atoms with E-state index in [4.69, 9.17) is 0 Å². The molecule has 0 saturated carbocycles. The molecule has 0 aliphatic carbocycles. The molecule has 3 nitrogen and oxygen atoms in total. The van der Waals surface area contributed by atoms with Gasteiger partial charge in [-0.3, -0.25) is 4.79 Å². The molecule has 2 unspecified atom stereocenters. The Bertz CT molecular complexity index is 385. The lowest BCUT2D eigenvalue weighted by Crippen LogP contribution is -2.20. The zero-order valence-electron chi connectivity index (χ0n) is 9.81. The summed E-state index contributed by atoms with van der Waals surface area (Å²) in [6.07, 6.45) is -0.406. The van der Waals surface area contributed by atoms with Crippen molar-refractivity contribution in [2.75, 3.05) is 11.1 Å². The molecule has 1 amide bonds. The van der Waals surface area contributed by atoms with E-state index in [1.807, 2.05) is 31.2 Å². The molecule has 0 aliphatic rings. The van der Waals surface area contributed by atoms with Crippen LogP contribution in [0, 0.1) is 0 Å². The lowest BCUT2D eigenvalue weighted by atomic mass is 10.3. The second-order valence-corrected chi connectivity index (χ2v) is 6.00. The van der Waals surface area contributed by atoms with Gasteiger partial charge in [0.25, 0.3) is 0 Å². The summed E-state index contributed by atoms with van der Waals surface area (Å²) in [6, 6.07) is 7.47. The highest BCUT2D eigenvalue weighted by Gasteiger charge is 2.12. The Kier molecular flexibility index (Phi) is 6.02. The Balaban J connectivity index is 2.43. The third kappa shape index (κ3) is 5.10. The number of carbonyl (C=O) groups is 1. The standard InChI is InChI=1S/C12H16BrNO2S/c1-8(15)9(2)17-7-12(16)14-11-6-4-3-5-10(11)13/h3-6,8-9,15H,7H2,1-2H3,(H,14,16). The maximum atomic E-state index is 11.7. The number of rotatable bonds is 5. The minimum absolute atomic E-state index is 0.0555. The summed E-state index contributed by atoms with van der Waals surface area (Å²) >= 11 is 4.81. The molecule has 1 aromatic rings. The molecule has 2 atom stereocenters. The third-order valence-electron chi connectivity index (χ3n) is 2.30. The van der Waals surface area contributed by atoms with E-state index in [2.05, 4.69) is 21.2 Å². The molecule has 0 heterocycles. The van der Waals surface area contributed by atoms with Crippen LogP contribution in [-0.4, -0.2) is 28.1 Å². The van der Waals surface area contributed by atoms with E-state index in [0.29, 0.717) is 5.75 Å². The summed E-state index contributed by atoms with van der Waals surface area (Å²) in [4.78, 5) is 11.7. The number of carbonyl (C=O) groups excluding carboxylic acids is 1. The molecule has 0 spiro atoms. The third-order valence-corrected chi connectivity index (χ3v) is 4.34. The lowest BCUT2D eigenvalue weighted by Gasteiger charge is -2.14. The number of thioether (sulfide) groups is 1. The van der Waals surface area contributed by atoms with Crippen LogP contribution < -0.4 is 5.32 Å². The van der Waals surface area contributed by atoms with Crippen LogP contribution in [-0.2, 0) is 4.79 Å². The molecule has 0 saturated heterocycles. The van der Waals surface area contributed by atoms with E-state index in [0.717, 1.165) is 10.2 Å². The molecule has 0 radical (unpaired) electrons. The van der Waals surface area contributed by atoms with Gasteiger partial charge in [-0.15, -0.1) is 11.8 Å². The Morgan fingerprint density at radius 3 is 2.71 bits per heavy atom. The number of hydrogen-bond acceptors (Lipinski definition) is 3. The Labute approximate surface area is 114 Å². The predicted octanol–water partition coefficient (Wildman–Crippen LogP) is 2.89. The fraction of sp³-hybridized carbons (Fsp3) is 0.417. The summed E-state index contributed by atoms with van der Waals surface area (Å²) in [7, 11) is 0. The first-order valence-corrected chi connectivity index (χ1v) is 7.19. The quantitative estimate of drug-likeness (QED) is 0.878. The van der Waals surface area contributed by atoms with Gasteiger partial charge in [0, 0.05) is 9.72 Å². The molecule has 1 aromatic carbocycles. The molecule has 17 heavy (non-hydrogen) atoms. The summed E-state index contributed by atoms with van der Waals surface area (Å²) in [5.41, 5.74) is 0.766. The molecule has 0 bridgehead atoms. The molecule has 0 aromatic heterocycles. The number of aliphatic hydroxyl groups excluding tert-OH is 1. The smallest absolute Gasteiger partial charge is 0.234 e. The number of halogens is 1. The minimum Gasteiger partial charge on any atom is -0.392 e. The van der Waals surface area contributed by atoms with E-state index in [1.165, 1.54) is 11.8 Å². The van der Waals surface area contributed by atoms with Gasteiger partial charge in [-0.25, -0.2) is 0 Å². The summed E-state index contributed by atoms with van der Waals surface area (Å²) < 4.78 is 0.863. The summed E-state index contributed by atoms with van der Waals surface area (Å²) in [5, 5.41) is 12.2.